The van der Waals surface area contributed by atoms with Gasteiger partial charge in [-0.05, 0) is 47.3 Å². The number of thiophene rings is 2. The normalized spacial score (nSPS) is 11.5. The van der Waals surface area contributed by atoms with Crippen molar-refractivity contribution in [2.45, 2.75) is 0 Å². The van der Waals surface area contributed by atoms with E-state index < -0.39 is 0 Å². The van der Waals surface area contributed by atoms with Crippen LogP contribution in [0.3, 0.4) is 0 Å². The Bertz CT molecular complexity index is 2130. The molecular formula is C35H21N3S2. The molecule has 0 bridgehead atoms. The summed E-state index contributed by atoms with van der Waals surface area (Å²) in [6.45, 7) is 0. The van der Waals surface area contributed by atoms with Gasteiger partial charge in [0.15, 0.2) is 17.5 Å². The van der Waals surface area contributed by atoms with Crippen molar-refractivity contribution in [1.29, 1.82) is 0 Å². The van der Waals surface area contributed by atoms with Crippen LogP contribution in [-0.4, -0.2) is 15.0 Å². The molecule has 3 aromatic heterocycles. The van der Waals surface area contributed by atoms with E-state index in [1.54, 1.807) is 0 Å². The van der Waals surface area contributed by atoms with E-state index in [0.717, 1.165) is 16.7 Å². The molecule has 188 valence electrons. The molecule has 0 amide bonds. The first kappa shape index (κ1) is 23.2. The lowest BCUT2D eigenvalue weighted by atomic mass is 10.1. The summed E-state index contributed by atoms with van der Waals surface area (Å²) in [6.07, 6.45) is 0. The third kappa shape index (κ3) is 4.08. The maximum Gasteiger partial charge on any atom is 0.164 e. The fourth-order valence-corrected chi connectivity index (χ4v) is 7.28. The van der Waals surface area contributed by atoms with Gasteiger partial charge >= 0.3 is 0 Å². The van der Waals surface area contributed by atoms with Gasteiger partial charge in [-0.25, -0.2) is 15.0 Å². The Morgan fingerprint density at radius 3 is 1.73 bits per heavy atom. The van der Waals surface area contributed by atoms with E-state index in [9.17, 15) is 0 Å². The predicted octanol–water partition coefficient (Wildman–Crippen LogP) is 10.1. The summed E-state index contributed by atoms with van der Waals surface area (Å²) in [4.78, 5) is 16.1. The number of rotatable bonds is 4. The Labute approximate surface area is 239 Å². The van der Waals surface area contributed by atoms with Gasteiger partial charge in [0.05, 0.1) is 0 Å². The molecule has 40 heavy (non-hydrogen) atoms. The lowest BCUT2D eigenvalue weighted by molar-refractivity contribution is 1.07. The summed E-state index contributed by atoms with van der Waals surface area (Å²) in [6, 6.07) is 44.5. The number of hydrogen-bond donors (Lipinski definition) is 0. The molecule has 0 atom stereocenters. The zero-order valence-electron chi connectivity index (χ0n) is 21.3. The van der Waals surface area contributed by atoms with E-state index in [0.29, 0.717) is 17.5 Å². The van der Waals surface area contributed by atoms with Gasteiger partial charge in [0.1, 0.15) is 0 Å². The van der Waals surface area contributed by atoms with Crippen molar-refractivity contribution in [1.82, 2.24) is 15.0 Å². The van der Waals surface area contributed by atoms with Crippen LogP contribution in [0.1, 0.15) is 0 Å². The molecule has 5 aromatic carbocycles. The summed E-state index contributed by atoms with van der Waals surface area (Å²) in [7, 11) is 0. The van der Waals surface area contributed by atoms with Crippen molar-refractivity contribution in [3.8, 4) is 44.6 Å². The topological polar surface area (TPSA) is 38.7 Å². The standard InChI is InChI=1S/C35H21N3S2/c1-2-8-23(9-3-1)33-36-34(24-16-14-22(15-17-24)32-21-25-10-4-6-12-29(25)39-32)38-35(37-33)26-18-19-31-28(20-26)27-11-5-7-13-30(27)40-31/h1-21H. The lowest BCUT2D eigenvalue weighted by Gasteiger charge is -2.09. The smallest absolute Gasteiger partial charge is 0.164 e. The Morgan fingerprint density at radius 2 is 0.950 bits per heavy atom. The van der Waals surface area contributed by atoms with Gasteiger partial charge in [-0.3, -0.25) is 0 Å². The monoisotopic (exact) mass is 547 g/mol. The van der Waals surface area contributed by atoms with Crippen molar-refractivity contribution in [3.63, 3.8) is 0 Å². The van der Waals surface area contributed by atoms with Gasteiger partial charge in [-0.2, -0.15) is 0 Å². The average molecular weight is 548 g/mol. The molecular weight excluding hydrogens is 527 g/mol. The molecule has 8 aromatic rings. The van der Waals surface area contributed by atoms with Crippen molar-refractivity contribution in [3.05, 3.63) is 127 Å². The zero-order valence-corrected chi connectivity index (χ0v) is 22.9. The molecule has 3 heterocycles. The van der Waals surface area contributed by atoms with Crippen LogP contribution in [0.4, 0.5) is 0 Å². The van der Waals surface area contributed by atoms with Crippen LogP contribution in [0, 0.1) is 0 Å². The maximum absolute atomic E-state index is 4.99. The van der Waals surface area contributed by atoms with Crippen LogP contribution in [0.15, 0.2) is 127 Å². The molecule has 0 aliphatic heterocycles. The van der Waals surface area contributed by atoms with Crippen molar-refractivity contribution in [2.24, 2.45) is 0 Å². The minimum Gasteiger partial charge on any atom is -0.208 e. The van der Waals surface area contributed by atoms with Gasteiger partial charge < -0.3 is 0 Å². The molecule has 0 aliphatic rings. The van der Waals surface area contributed by atoms with E-state index in [1.165, 1.54) is 40.7 Å². The number of fused-ring (bicyclic) bond motifs is 4. The molecule has 0 spiro atoms. The predicted molar refractivity (Wildman–Crippen MR) is 170 cm³/mol. The lowest BCUT2D eigenvalue weighted by Crippen LogP contribution is -2.00. The molecule has 5 heteroatoms. The number of aromatic nitrogens is 3. The molecule has 0 N–H and O–H groups in total. The largest absolute Gasteiger partial charge is 0.208 e. The summed E-state index contributed by atoms with van der Waals surface area (Å²) < 4.78 is 3.85. The second kappa shape index (κ2) is 9.49. The minimum atomic E-state index is 0.669. The zero-order chi connectivity index (χ0) is 26.5. The SMILES string of the molecule is c1ccc(-c2nc(-c3ccc(-c4cc5ccccc5s4)cc3)nc(-c3ccc4sc5ccccc5c4c3)n2)cc1. The van der Waals surface area contributed by atoms with Gasteiger partial charge in [0.2, 0.25) is 0 Å². The number of benzene rings is 5. The summed E-state index contributed by atoms with van der Waals surface area (Å²) >= 11 is 3.63. The van der Waals surface area contributed by atoms with Crippen LogP contribution in [0.25, 0.3) is 74.9 Å². The van der Waals surface area contributed by atoms with Crippen LogP contribution in [-0.2, 0) is 0 Å². The third-order valence-corrected chi connectivity index (χ3v) is 9.47. The highest BCUT2D eigenvalue weighted by Gasteiger charge is 2.14. The quantitative estimate of drug-likeness (QED) is 0.220. The minimum absolute atomic E-state index is 0.669. The Balaban J connectivity index is 1.25. The average Bonchev–Trinajstić information content (AvgIpc) is 3.63. The summed E-state index contributed by atoms with van der Waals surface area (Å²) in [5.41, 5.74) is 4.11. The van der Waals surface area contributed by atoms with E-state index in [1.807, 2.05) is 53.0 Å². The van der Waals surface area contributed by atoms with Gasteiger partial charge in [0, 0.05) is 46.4 Å². The van der Waals surface area contributed by atoms with E-state index >= 15 is 0 Å². The highest BCUT2D eigenvalue weighted by Crippen LogP contribution is 2.37. The molecule has 3 nitrogen and oxygen atoms in total. The van der Waals surface area contributed by atoms with Crippen molar-refractivity contribution >= 4 is 52.9 Å². The first-order valence-corrected chi connectivity index (χ1v) is 14.7. The van der Waals surface area contributed by atoms with E-state index in [4.69, 9.17) is 15.0 Å². The second-order valence-electron chi connectivity index (χ2n) is 9.71. The molecule has 0 saturated carbocycles. The van der Waals surface area contributed by atoms with Crippen LogP contribution in [0.2, 0.25) is 0 Å². The Morgan fingerprint density at radius 1 is 0.375 bits per heavy atom. The van der Waals surface area contributed by atoms with Crippen LogP contribution in [0.5, 0.6) is 0 Å². The van der Waals surface area contributed by atoms with E-state index in [2.05, 4.69) is 97.1 Å². The first-order valence-electron chi connectivity index (χ1n) is 13.1. The van der Waals surface area contributed by atoms with Crippen LogP contribution < -0.4 is 0 Å². The van der Waals surface area contributed by atoms with Gasteiger partial charge in [-0.15, -0.1) is 22.7 Å². The molecule has 0 unspecified atom stereocenters. The maximum atomic E-state index is 4.99. The molecule has 0 saturated heterocycles. The number of hydrogen-bond acceptors (Lipinski definition) is 5. The van der Waals surface area contributed by atoms with Gasteiger partial charge in [-0.1, -0.05) is 91.0 Å². The van der Waals surface area contributed by atoms with Crippen molar-refractivity contribution in [2.75, 3.05) is 0 Å². The molecule has 0 fully saturated rings. The first-order chi connectivity index (χ1) is 19.8. The Kier molecular flexibility index (Phi) is 5.50. The molecule has 0 aliphatic carbocycles. The highest BCUT2D eigenvalue weighted by atomic mass is 32.1. The fraction of sp³-hybridized carbons (Fsp3) is 0. The summed E-state index contributed by atoms with van der Waals surface area (Å²) in [5, 5.41) is 3.77. The second-order valence-corrected chi connectivity index (χ2v) is 11.9. The molecule has 8 rings (SSSR count). The Hall–Kier alpha value is -4.71. The van der Waals surface area contributed by atoms with Crippen LogP contribution >= 0.6 is 22.7 Å². The van der Waals surface area contributed by atoms with Crippen molar-refractivity contribution < 1.29 is 0 Å². The molecule has 0 radical (unpaired) electrons. The van der Waals surface area contributed by atoms with E-state index in [-0.39, 0.29) is 0 Å². The number of nitrogens with zero attached hydrogens (tertiary/aromatic N) is 3. The van der Waals surface area contributed by atoms with Gasteiger partial charge in [0.25, 0.3) is 0 Å². The third-order valence-electron chi connectivity index (χ3n) is 7.16. The summed E-state index contributed by atoms with van der Waals surface area (Å²) in [5.74, 6) is 2.01. The highest BCUT2D eigenvalue weighted by molar-refractivity contribution is 7.25. The fourth-order valence-electron chi connectivity index (χ4n) is 5.12.